The van der Waals surface area contributed by atoms with E-state index in [0.717, 1.165) is 4.47 Å². The van der Waals surface area contributed by atoms with Crippen LogP contribution in [0.4, 0.5) is 0 Å². The van der Waals surface area contributed by atoms with Gasteiger partial charge >= 0.3 is 0 Å². The quantitative estimate of drug-likeness (QED) is 0.897. The van der Waals surface area contributed by atoms with Crippen molar-refractivity contribution in [2.45, 2.75) is 26.8 Å². The number of phenols is 1. The van der Waals surface area contributed by atoms with Crippen LogP contribution in [-0.4, -0.2) is 17.1 Å². The van der Waals surface area contributed by atoms with Crippen LogP contribution in [0, 0.1) is 5.92 Å². The molecule has 1 aromatic carbocycles. The molecule has 0 aliphatic rings. The molecule has 1 aromatic rings. The van der Waals surface area contributed by atoms with Gasteiger partial charge < -0.3 is 10.4 Å². The number of carbonyl (C=O) groups is 1. The fraction of sp³-hybridized carbons (Fsp3) is 0.417. The summed E-state index contributed by atoms with van der Waals surface area (Å²) >= 11 is 3.23. The van der Waals surface area contributed by atoms with E-state index < -0.39 is 0 Å². The summed E-state index contributed by atoms with van der Waals surface area (Å²) in [5.41, 5.74) is 0.302. The van der Waals surface area contributed by atoms with Gasteiger partial charge in [0.2, 0.25) is 0 Å². The lowest BCUT2D eigenvalue weighted by molar-refractivity contribution is 0.0928. The summed E-state index contributed by atoms with van der Waals surface area (Å²) in [7, 11) is 0. The number of benzene rings is 1. The van der Waals surface area contributed by atoms with Crippen LogP contribution in [0.5, 0.6) is 5.75 Å². The van der Waals surface area contributed by atoms with Crippen LogP contribution in [0.25, 0.3) is 0 Å². The number of phenolic OH excluding ortho intramolecular Hbond substituents is 1. The maximum absolute atomic E-state index is 11.8. The van der Waals surface area contributed by atoms with Gasteiger partial charge in [-0.2, -0.15) is 0 Å². The Balaban J connectivity index is 2.81. The van der Waals surface area contributed by atoms with Crippen molar-refractivity contribution in [1.29, 1.82) is 0 Å². The number of aromatic hydroxyl groups is 1. The standard InChI is InChI=1S/C12H16BrNO2/c1-7(2)8(3)14-12(16)10-5-4-9(13)6-11(10)15/h4-8,15H,1-3H3,(H,14,16). The van der Waals surface area contributed by atoms with Gasteiger partial charge in [-0.1, -0.05) is 29.8 Å². The molecule has 88 valence electrons. The van der Waals surface area contributed by atoms with E-state index in [0.29, 0.717) is 11.5 Å². The Morgan fingerprint density at radius 3 is 2.50 bits per heavy atom. The molecule has 0 aromatic heterocycles. The molecule has 0 saturated carbocycles. The van der Waals surface area contributed by atoms with Crippen molar-refractivity contribution in [2.24, 2.45) is 5.92 Å². The SMILES string of the molecule is CC(C)C(C)NC(=O)c1ccc(Br)cc1O. The van der Waals surface area contributed by atoms with E-state index in [2.05, 4.69) is 21.2 Å². The molecule has 0 bridgehead atoms. The van der Waals surface area contributed by atoms with Crippen LogP contribution >= 0.6 is 15.9 Å². The van der Waals surface area contributed by atoms with E-state index in [1.807, 2.05) is 20.8 Å². The smallest absolute Gasteiger partial charge is 0.255 e. The third-order valence-corrected chi connectivity index (χ3v) is 3.06. The summed E-state index contributed by atoms with van der Waals surface area (Å²) in [6.45, 7) is 6.01. The third kappa shape index (κ3) is 3.23. The van der Waals surface area contributed by atoms with Gasteiger partial charge in [-0.25, -0.2) is 0 Å². The predicted octanol–water partition coefficient (Wildman–Crippen LogP) is 2.93. The maximum atomic E-state index is 11.8. The van der Waals surface area contributed by atoms with Gasteiger partial charge in [0.1, 0.15) is 5.75 Å². The highest BCUT2D eigenvalue weighted by atomic mass is 79.9. The minimum absolute atomic E-state index is 0.0113. The van der Waals surface area contributed by atoms with Crippen molar-refractivity contribution >= 4 is 21.8 Å². The van der Waals surface area contributed by atoms with Gasteiger partial charge in [0.15, 0.2) is 0 Å². The van der Waals surface area contributed by atoms with Gasteiger partial charge in [0, 0.05) is 10.5 Å². The summed E-state index contributed by atoms with van der Waals surface area (Å²) < 4.78 is 0.749. The molecular weight excluding hydrogens is 270 g/mol. The predicted molar refractivity (Wildman–Crippen MR) is 67.6 cm³/mol. The fourth-order valence-corrected chi connectivity index (χ4v) is 1.50. The normalized spacial score (nSPS) is 12.6. The van der Waals surface area contributed by atoms with Gasteiger partial charge in [0.25, 0.3) is 5.91 Å². The van der Waals surface area contributed by atoms with Crippen molar-refractivity contribution in [3.63, 3.8) is 0 Å². The summed E-state index contributed by atoms with van der Waals surface area (Å²) in [6, 6.07) is 4.92. The van der Waals surface area contributed by atoms with Crippen molar-refractivity contribution < 1.29 is 9.90 Å². The summed E-state index contributed by atoms with van der Waals surface area (Å²) in [4.78, 5) is 11.8. The third-order valence-electron chi connectivity index (χ3n) is 2.56. The minimum atomic E-state index is -0.244. The molecule has 0 spiro atoms. The molecule has 0 radical (unpaired) electrons. The first kappa shape index (κ1) is 13.0. The fourth-order valence-electron chi connectivity index (χ4n) is 1.15. The molecule has 1 unspecified atom stereocenters. The molecule has 1 atom stereocenters. The molecule has 0 fully saturated rings. The Labute approximate surface area is 104 Å². The first-order valence-corrected chi connectivity index (χ1v) is 6.00. The van der Waals surface area contributed by atoms with Crippen molar-refractivity contribution in [1.82, 2.24) is 5.32 Å². The molecule has 0 heterocycles. The monoisotopic (exact) mass is 285 g/mol. The molecule has 0 aliphatic heterocycles. The topological polar surface area (TPSA) is 49.3 Å². The summed E-state index contributed by atoms with van der Waals surface area (Å²) in [5, 5.41) is 12.5. The molecule has 1 amide bonds. The second-order valence-corrected chi connectivity index (χ2v) is 5.08. The van der Waals surface area contributed by atoms with Gasteiger partial charge in [-0.3, -0.25) is 4.79 Å². The van der Waals surface area contributed by atoms with Gasteiger partial charge in [-0.15, -0.1) is 0 Å². The Hall–Kier alpha value is -1.03. The Bertz CT molecular complexity index is 391. The zero-order chi connectivity index (χ0) is 12.3. The van der Waals surface area contributed by atoms with Crippen LogP contribution in [0.15, 0.2) is 22.7 Å². The average Bonchev–Trinajstić information content (AvgIpc) is 2.16. The Morgan fingerprint density at radius 1 is 1.38 bits per heavy atom. The molecular formula is C12H16BrNO2. The van der Waals surface area contributed by atoms with Crippen LogP contribution in [0.3, 0.4) is 0 Å². The number of nitrogens with one attached hydrogen (secondary N) is 1. The van der Waals surface area contributed by atoms with Crippen molar-refractivity contribution in [3.8, 4) is 5.75 Å². The molecule has 16 heavy (non-hydrogen) atoms. The summed E-state index contributed by atoms with van der Waals surface area (Å²) in [6.07, 6.45) is 0. The molecule has 4 heteroatoms. The van der Waals surface area contributed by atoms with Crippen LogP contribution in [0.2, 0.25) is 0 Å². The van der Waals surface area contributed by atoms with Crippen molar-refractivity contribution in [3.05, 3.63) is 28.2 Å². The highest BCUT2D eigenvalue weighted by Crippen LogP contribution is 2.22. The molecule has 2 N–H and O–H groups in total. The van der Waals surface area contributed by atoms with E-state index in [1.54, 1.807) is 12.1 Å². The number of halogens is 1. The second-order valence-electron chi connectivity index (χ2n) is 4.17. The van der Waals surface area contributed by atoms with E-state index in [-0.39, 0.29) is 17.7 Å². The number of rotatable bonds is 3. The highest BCUT2D eigenvalue weighted by Gasteiger charge is 2.15. The summed E-state index contributed by atoms with van der Waals surface area (Å²) in [5.74, 6) is 0.107. The highest BCUT2D eigenvalue weighted by molar-refractivity contribution is 9.10. The average molecular weight is 286 g/mol. The molecule has 3 nitrogen and oxygen atoms in total. The van der Waals surface area contributed by atoms with E-state index in [1.165, 1.54) is 6.07 Å². The van der Waals surface area contributed by atoms with Crippen LogP contribution in [-0.2, 0) is 0 Å². The zero-order valence-electron chi connectivity index (χ0n) is 9.62. The lowest BCUT2D eigenvalue weighted by Gasteiger charge is -2.17. The van der Waals surface area contributed by atoms with E-state index >= 15 is 0 Å². The van der Waals surface area contributed by atoms with Gasteiger partial charge in [-0.05, 0) is 31.0 Å². The lowest BCUT2D eigenvalue weighted by Crippen LogP contribution is -2.36. The Kier molecular flexibility index (Phi) is 4.35. The lowest BCUT2D eigenvalue weighted by atomic mass is 10.1. The first-order chi connectivity index (χ1) is 7.41. The Morgan fingerprint density at radius 2 is 2.00 bits per heavy atom. The minimum Gasteiger partial charge on any atom is -0.507 e. The number of hydrogen-bond acceptors (Lipinski definition) is 2. The van der Waals surface area contributed by atoms with Crippen LogP contribution < -0.4 is 5.32 Å². The number of hydrogen-bond donors (Lipinski definition) is 2. The molecule has 0 aliphatic carbocycles. The number of amides is 1. The zero-order valence-corrected chi connectivity index (χ0v) is 11.2. The maximum Gasteiger partial charge on any atom is 0.255 e. The first-order valence-electron chi connectivity index (χ1n) is 5.21. The van der Waals surface area contributed by atoms with E-state index in [9.17, 15) is 9.90 Å². The van der Waals surface area contributed by atoms with Crippen LogP contribution in [0.1, 0.15) is 31.1 Å². The molecule has 1 rings (SSSR count). The van der Waals surface area contributed by atoms with Crippen molar-refractivity contribution in [2.75, 3.05) is 0 Å². The number of carbonyl (C=O) groups excluding carboxylic acids is 1. The molecule has 0 saturated heterocycles. The largest absolute Gasteiger partial charge is 0.507 e. The van der Waals surface area contributed by atoms with E-state index in [4.69, 9.17) is 0 Å². The van der Waals surface area contributed by atoms with Gasteiger partial charge in [0.05, 0.1) is 5.56 Å². The second kappa shape index (κ2) is 5.34.